The van der Waals surface area contributed by atoms with Crippen LogP contribution in [0.15, 0.2) is 0 Å². The van der Waals surface area contributed by atoms with Gasteiger partial charge in [-0.05, 0) is 26.7 Å². The molecule has 100 valence electrons. The molecule has 1 aliphatic rings. The number of rotatable bonds is 6. The van der Waals surface area contributed by atoms with Crippen LogP contribution in [-0.2, 0) is 9.53 Å². The lowest BCUT2D eigenvalue weighted by Gasteiger charge is -2.31. The number of carboxylic acids is 1. The highest BCUT2D eigenvalue weighted by Gasteiger charge is 2.35. The van der Waals surface area contributed by atoms with Crippen molar-refractivity contribution in [3.05, 3.63) is 0 Å². The molecule has 4 heteroatoms. The molecule has 0 aromatic heterocycles. The lowest BCUT2D eigenvalue weighted by molar-refractivity contribution is -0.147. The molecule has 2 N–H and O–H groups in total. The number of aliphatic carboxylic acids is 1. The van der Waals surface area contributed by atoms with Crippen molar-refractivity contribution >= 4 is 5.97 Å². The van der Waals surface area contributed by atoms with E-state index >= 15 is 0 Å². The second-order valence-corrected chi connectivity index (χ2v) is 5.11. The summed E-state index contributed by atoms with van der Waals surface area (Å²) in [5, 5.41) is 12.6. The molecule has 0 saturated heterocycles. The van der Waals surface area contributed by atoms with Crippen molar-refractivity contribution in [3.63, 3.8) is 0 Å². The fourth-order valence-corrected chi connectivity index (χ4v) is 2.35. The standard InChI is InChI=1S/C13H25NO3/c1-3-17-10-13(2,12(15)16)14-11-8-6-4-5-7-9-11/h11,14H,3-10H2,1-2H3,(H,15,16). The Balaban J connectivity index is 2.54. The van der Waals surface area contributed by atoms with Crippen LogP contribution in [0.25, 0.3) is 0 Å². The Kier molecular flexibility index (Phi) is 5.92. The molecule has 1 rings (SSSR count). The molecule has 0 spiro atoms. The maximum Gasteiger partial charge on any atom is 0.326 e. The number of carboxylic acid groups (broad SMARTS) is 1. The minimum absolute atomic E-state index is 0.231. The number of hydrogen-bond acceptors (Lipinski definition) is 3. The van der Waals surface area contributed by atoms with E-state index in [1.807, 2.05) is 6.92 Å². The predicted molar refractivity (Wildman–Crippen MR) is 67.2 cm³/mol. The van der Waals surface area contributed by atoms with Gasteiger partial charge in [0.1, 0.15) is 5.54 Å². The average Bonchev–Trinajstić information content (AvgIpc) is 2.54. The predicted octanol–water partition coefficient (Wildman–Crippen LogP) is 2.18. The van der Waals surface area contributed by atoms with Crippen LogP contribution in [0.4, 0.5) is 0 Å². The highest BCUT2D eigenvalue weighted by Crippen LogP contribution is 2.20. The van der Waals surface area contributed by atoms with Crippen molar-refractivity contribution in [1.82, 2.24) is 5.32 Å². The molecule has 1 unspecified atom stereocenters. The third-order valence-electron chi connectivity index (χ3n) is 3.44. The fourth-order valence-electron chi connectivity index (χ4n) is 2.35. The van der Waals surface area contributed by atoms with Crippen molar-refractivity contribution < 1.29 is 14.6 Å². The Bertz CT molecular complexity index is 237. The van der Waals surface area contributed by atoms with Gasteiger partial charge in [-0.1, -0.05) is 25.7 Å². The van der Waals surface area contributed by atoms with E-state index in [1.54, 1.807) is 6.92 Å². The number of ether oxygens (including phenoxy) is 1. The molecular formula is C13H25NO3. The fraction of sp³-hybridized carbons (Fsp3) is 0.923. The van der Waals surface area contributed by atoms with E-state index in [9.17, 15) is 9.90 Å². The van der Waals surface area contributed by atoms with Gasteiger partial charge in [-0.2, -0.15) is 0 Å². The Morgan fingerprint density at radius 3 is 2.41 bits per heavy atom. The summed E-state index contributed by atoms with van der Waals surface area (Å²) >= 11 is 0. The second-order valence-electron chi connectivity index (χ2n) is 5.11. The average molecular weight is 243 g/mol. The van der Waals surface area contributed by atoms with Crippen molar-refractivity contribution in [2.24, 2.45) is 0 Å². The maximum atomic E-state index is 11.3. The zero-order valence-electron chi connectivity index (χ0n) is 11.0. The van der Waals surface area contributed by atoms with Crippen LogP contribution in [0.3, 0.4) is 0 Å². The first-order valence-electron chi connectivity index (χ1n) is 6.67. The van der Waals surface area contributed by atoms with E-state index in [-0.39, 0.29) is 6.61 Å². The Hall–Kier alpha value is -0.610. The molecule has 4 nitrogen and oxygen atoms in total. The third-order valence-corrected chi connectivity index (χ3v) is 3.44. The minimum Gasteiger partial charge on any atom is -0.480 e. The number of nitrogens with one attached hydrogen (secondary N) is 1. The summed E-state index contributed by atoms with van der Waals surface area (Å²) in [6.07, 6.45) is 7.09. The summed E-state index contributed by atoms with van der Waals surface area (Å²) in [6, 6.07) is 0.319. The van der Waals surface area contributed by atoms with Crippen LogP contribution >= 0.6 is 0 Å². The van der Waals surface area contributed by atoms with Crippen LogP contribution in [-0.4, -0.2) is 35.9 Å². The zero-order valence-corrected chi connectivity index (χ0v) is 11.0. The molecule has 1 fully saturated rings. The molecule has 0 aromatic rings. The molecule has 0 radical (unpaired) electrons. The van der Waals surface area contributed by atoms with Gasteiger partial charge in [-0.3, -0.25) is 10.1 Å². The normalized spacial score (nSPS) is 21.8. The van der Waals surface area contributed by atoms with Crippen LogP contribution < -0.4 is 5.32 Å². The van der Waals surface area contributed by atoms with Gasteiger partial charge >= 0.3 is 5.97 Å². The lowest BCUT2D eigenvalue weighted by atomic mass is 9.99. The van der Waals surface area contributed by atoms with Gasteiger partial charge in [0.25, 0.3) is 0 Å². The summed E-state index contributed by atoms with van der Waals surface area (Å²) in [6.45, 7) is 4.38. The van der Waals surface area contributed by atoms with Crippen LogP contribution in [0.2, 0.25) is 0 Å². The zero-order chi connectivity index (χ0) is 12.7. The lowest BCUT2D eigenvalue weighted by Crippen LogP contribution is -2.56. The Labute approximate surface area is 104 Å². The van der Waals surface area contributed by atoms with Gasteiger partial charge < -0.3 is 9.84 Å². The third kappa shape index (κ3) is 4.64. The van der Waals surface area contributed by atoms with E-state index in [0.717, 1.165) is 12.8 Å². The van der Waals surface area contributed by atoms with E-state index in [4.69, 9.17) is 4.74 Å². The Morgan fingerprint density at radius 1 is 1.35 bits per heavy atom. The van der Waals surface area contributed by atoms with Gasteiger partial charge in [-0.15, -0.1) is 0 Å². The van der Waals surface area contributed by atoms with Gasteiger partial charge in [0.15, 0.2) is 0 Å². The molecule has 0 bridgehead atoms. The molecule has 0 amide bonds. The van der Waals surface area contributed by atoms with Crippen LogP contribution in [0.5, 0.6) is 0 Å². The molecule has 1 aliphatic carbocycles. The van der Waals surface area contributed by atoms with Crippen molar-refractivity contribution in [3.8, 4) is 0 Å². The van der Waals surface area contributed by atoms with Gasteiger partial charge in [0.05, 0.1) is 6.61 Å². The van der Waals surface area contributed by atoms with Gasteiger partial charge in [-0.25, -0.2) is 0 Å². The number of carbonyl (C=O) groups is 1. The van der Waals surface area contributed by atoms with E-state index in [2.05, 4.69) is 5.32 Å². The first-order chi connectivity index (χ1) is 8.08. The number of hydrogen-bond donors (Lipinski definition) is 2. The van der Waals surface area contributed by atoms with Crippen molar-refractivity contribution in [1.29, 1.82) is 0 Å². The summed E-state index contributed by atoms with van der Waals surface area (Å²) in [5.74, 6) is -0.824. The van der Waals surface area contributed by atoms with Crippen LogP contribution in [0, 0.1) is 0 Å². The molecule has 17 heavy (non-hydrogen) atoms. The SMILES string of the molecule is CCOCC(C)(NC1CCCCCC1)C(=O)O. The summed E-state index contributed by atoms with van der Waals surface area (Å²) in [5.41, 5.74) is -0.953. The van der Waals surface area contributed by atoms with E-state index in [1.165, 1.54) is 25.7 Å². The van der Waals surface area contributed by atoms with E-state index in [0.29, 0.717) is 12.6 Å². The topological polar surface area (TPSA) is 58.6 Å². The molecule has 1 saturated carbocycles. The highest BCUT2D eigenvalue weighted by atomic mass is 16.5. The second kappa shape index (κ2) is 6.97. The first-order valence-corrected chi connectivity index (χ1v) is 6.67. The van der Waals surface area contributed by atoms with Crippen LogP contribution in [0.1, 0.15) is 52.4 Å². The Morgan fingerprint density at radius 2 is 1.94 bits per heavy atom. The van der Waals surface area contributed by atoms with Gasteiger partial charge in [0, 0.05) is 12.6 Å². The largest absolute Gasteiger partial charge is 0.480 e. The summed E-state index contributed by atoms with van der Waals surface area (Å²) in [4.78, 5) is 11.3. The maximum absolute atomic E-state index is 11.3. The molecule has 0 aliphatic heterocycles. The monoisotopic (exact) mass is 243 g/mol. The molecule has 0 aromatic carbocycles. The summed E-state index contributed by atoms with van der Waals surface area (Å²) in [7, 11) is 0. The molecule has 1 atom stereocenters. The van der Waals surface area contributed by atoms with E-state index < -0.39 is 11.5 Å². The quantitative estimate of drug-likeness (QED) is 0.702. The van der Waals surface area contributed by atoms with Crippen molar-refractivity contribution in [2.75, 3.05) is 13.2 Å². The smallest absolute Gasteiger partial charge is 0.326 e. The molecular weight excluding hydrogens is 218 g/mol. The first kappa shape index (κ1) is 14.5. The molecule has 0 heterocycles. The van der Waals surface area contributed by atoms with Crippen molar-refractivity contribution in [2.45, 2.75) is 64.0 Å². The van der Waals surface area contributed by atoms with Gasteiger partial charge in [0.2, 0.25) is 0 Å². The highest BCUT2D eigenvalue weighted by molar-refractivity contribution is 5.78. The minimum atomic E-state index is -0.953. The summed E-state index contributed by atoms with van der Waals surface area (Å²) < 4.78 is 5.29.